The van der Waals surface area contributed by atoms with E-state index < -0.39 is 23.7 Å². The molecular weight excluding hydrogens is 382 g/mol. The van der Waals surface area contributed by atoms with E-state index in [0.29, 0.717) is 0 Å². The van der Waals surface area contributed by atoms with Gasteiger partial charge in [0.05, 0.1) is 0 Å². The largest absolute Gasteiger partial charge is 0.573 e. The number of aromatic nitrogens is 1. The number of carbonyl (C=O) groups excluding carboxylic acids is 1. The molecule has 1 aromatic heterocycles. The van der Waals surface area contributed by atoms with Crippen LogP contribution in [0.4, 0.5) is 23.4 Å². The highest BCUT2D eigenvalue weighted by Crippen LogP contribution is 2.37. The third-order valence-electron chi connectivity index (χ3n) is 4.17. The van der Waals surface area contributed by atoms with E-state index >= 15 is 0 Å². The van der Waals surface area contributed by atoms with E-state index in [-0.39, 0.29) is 43.1 Å². The van der Waals surface area contributed by atoms with Gasteiger partial charge in [-0.2, -0.15) is 0 Å². The maximum absolute atomic E-state index is 14.9. The summed E-state index contributed by atoms with van der Waals surface area (Å²) < 4.78 is 59.8. The molecule has 3 rings (SSSR count). The standard InChI is InChI=1S/C16H15F4N3O3.C2H6/c17-15(12-9-13(21)26-22-12)5-7-23(8-6-15)14(24)10-1-3-11(4-2-10)25-16(18,19)20;1-2/h1-4,9H,5-8,21H2;1-2H3. The van der Waals surface area contributed by atoms with Gasteiger partial charge in [0.25, 0.3) is 5.91 Å². The number of rotatable bonds is 3. The lowest BCUT2D eigenvalue weighted by Crippen LogP contribution is -2.43. The summed E-state index contributed by atoms with van der Waals surface area (Å²) in [5, 5.41) is 3.59. The lowest BCUT2D eigenvalue weighted by atomic mass is 9.90. The Bertz CT molecular complexity index is 782. The monoisotopic (exact) mass is 403 g/mol. The molecule has 10 heteroatoms. The molecule has 1 saturated heterocycles. The molecule has 28 heavy (non-hydrogen) atoms. The van der Waals surface area contributed by atoms with Crippen molar-refractivity contribution in [3.63, 3.8) is 0 Å². The molecule has 0 bridgehead atoms. The van der Waals surface area contributed by atoms with Crippen molar-refractivity contribution in [2.75, 3.05) is 18.8 Å². The molecule has 0 aliphatic carbocycles. The Labute approximate surface area is 159 Å². The molecule has 0 unspecified atom stereocenters. The molecule has 154 valence electrons. The lowest BCUT2D eigenvalue weighted by Gasteiger charge is -2.35. The topological polar surface area (TPSA) is 81.6 Å². The number of hydrogen-bond acceptors (Lipinski definition) is 5. The molecule has 0 radical (unpaired) electrons. The Morgan fingerprint density at radius 1 is 1.21 bits per heavy atom. The van der Waals surface area contributed by atoms with Crippen LogP contribution in [0.2, 0.25) is 0 Å². The van der Waals surface area contributed by atoms with Gasteiger partial charge in [-0.15, -0.1) is 13.2 Å². The molecular formula is C18H21F4N3O3. The summed E-state index contributed by atoms with van der Waals surface area (Å²) in [6.07, 6.45) is -4.77. The molecule has 1 aliphatic heterocycles. The van der Waals surface area contributed by atoms with Crippen LogP contribution in [-0.4, -0.2) is 35.4 Å². The van der Waals surface area contributed by atoms with Crippen molar-refractivity contribution in [3.05, 3.63) is 41.6 Å². The van der Waals surface area contributed by atoms with Crippen LogP contribution in [0.5, 0.6) is 5.75 Å². The predicted octanol–water partition coefficient (Wildman–Crippen LogP) is 4.28. The average Bonchev–Trinajstić information content (AvgIpc) is 3.10. The normalized spacial score (nSPS) is 16.1. The van der Waals surface area contributed by atoms with Crippen LogP contribution < -0.4 is 10.5 Å². The fourth-order valence-corrected chi connectivity index (χ4v) is 2.80. The number of nitrogens with two attached hydrogens (primary N) is 1. The summed E-state index contributed by atoms with van der Waals surface area (Å²) in [7, 11) is 0. The second-order valence-electron chi connectivity index (χ2n) is 5.94. The van der Waals surface area contributed by atoms with Crippen molar-refractivity contribution in [2.24, 2.45) is 0 Å². The Morgan fingerprint density at radius 3 is 2.25 bits per heavy atom. The quantitative estimate of drug-likeness (QED) is 0.774. The Hall–Kier alpha value is -2.78. The number of nitrogens with zero attached hydrogens (tertiary/aromatic N) is 2. The highest BCUT2D eigenvalue weighted by atomic mass is 19.4. The van der Waals surface area contributed by atoms with Gasteiger partial charge in [0.1, 0.15) is 11.4 Å². The summed E-state index contributed by atoms with van der Waals surface area (Å²) in [5.41, 5.74) is 3.96. The number of ether oxygens (including phenoxy) is 1. The van der Waals surface area contributed by atoms with Crippen molar-refractivity contribution >= 4 is 11.8 Å². The minimum Gasteiger partial charge on any atom is -0.406 e. The number of hydrogen-bond donors (Lipinski definition) is 1. The van der Waals surface area contributed by atoms with E-state index in [1.807, 2.05) is 13.8 Å². The first-order valence-corrected chi connectivity index (χ1v) is 8.73. The maximum Gasteiger partial charge on any atom is 0.573 e. The zero-order valence-corrected chi connectivity index (χ0v) is 15.4. The number of halogens is 4. The SMILES string of the molecule is CC.Nc1cc(C2(F)CCN(C(=O)c3ccc(OC(F)(F)F)cc3)CC2)no1. The van der Waals surface area contributed by atoms with Gasteiger partial charge in [0, 0.05) is 37.6 Å². The van der Waals surface area contributed by atoms with Crippen LogP contribution in [0.15, 0.2) is 34.9 Å². The number of benzene rings is 1. The molecule has 0 saturated carbocycles. The number of piperidine rings is 1. The van der Waals surface area contributed by atoms with E-state index in [0.717, 1.165) is 12.1 Å². The number of anilines is 1. The van der Waals surface area contributed by atoms with E-state index in [1.54, 1.807) is 0 Å². The summed E-state index contributed by atoms with van der Waals surface area (Å²) >= 11 is 0. The highest BCUT2D eigenvalue weighted by molar-refractivity contribution is 5.94. The van der Waals surface area contributed by atoms with Crippen LogP contribution in [0, 0.1) is 0 Å². The fourth-order valence-electron chi connectivity index (χ4n) is 2.80. The first-order valence-electron chi connectivity index (χ1n) is 8.73. The number of likely N-dealkylation sites (tertiary alicyclic amines) is 1. The average molecular weight is 403 g/mol. The number of nitrogen functional groups attached to an aromatic ring is 1. The van der Waals surface area contributed by atoms with Gasteiger partial charge in [-0.05, 0) is 24.3 Å². The van der Waals surface area contributed by atoms with Crippen molar-refractivity contribution < 1.29 is 31.6 Å². The summed E-state index contributed by atoms with van der Waals surface area (Å²) in [5.74, 6) is -0.805. The summed E-state index contributed by atoms with van der Waals surface area (Å²) in [4.78, 5) is 13.9. The van der Waals surface area contributed by atoms with Crippen LogP contribution in [0.1, 0.15) is 42.7 Å². The van der Waals surface area contributed by atoms with Crippen LogP contribution in [0.25, 0.3) is 0 Å². The molecule has 1 fully saturated rings. The second-order valence-corrected chi connectivity index (χ2v) is 5.94. The minimum atomic E-state index is -4.80. The molecule has 1 amide bonds. The zero-order valence-electron chi connectivity index (χ0n) is 15.4. The third kappa shape index (κ3) is 5.14. The van der Waals surface area contributed by atoms with Gasteiger partial charge in [-0.25, -0.2) is 4.39 Å². The summed E-state index contributed by atoms with van der Waals surface area (Å²) in [6.45, 7) is 4.26. The number of alkyl halides is 4. The van der Waals surface area contributed by atoms with Crippen molar-refractivity contribution in [3.8, 4) is 5.75 Å². The van der Waals surface area contributed by atoms with E-state index in [2.05, 4.69) is 14.4 Å². The maximum atomic E-state index is 14.9. The van der Waals surface area contributed by atoms with Gasteiger partial charge in [0.2, 0.25) is 5.88 Å². The Morgan fingerprint density at radius 2 is 1.79 bits per heavy atom. The molecule has 2 N–H and O–H groups in total. The van der Waals surface area contributed by atoms with Crippen molar-refractivity contribution in [1.29, 1.82) is 0 Å². The fraction of sp³-hybridized carbons (Fsp3) is 0.444. The highest BCUT2D eigenvalue weighted by Gasteiger charge is 2.40. The Balaban J connectivity index is 0.00000136. The number of amides is 1. The number of carbonyl (C=O) groups is 1. The predicted molar refractivity (Wildman–Crippen MR) is 93.3 cm³/mol. The summed E-state index contributed by atoms with van der Waals surface area (Å²) in [6, 6.07) is 5.90. The zero-order chi connectivity index (χ0) is 20.9. The van der Waals surface area contributed by atoms with E-state index in [9.17, 15) is 22.4 Å². The van der Waals surface area contributed by atoms with Crippen LogP contribution in [-0.2, 0) is 5.67 Å². The lowest BCUT2D eigenvalue weighted by molar-refractivity contribution is -0.274. The second kappa shape index (κ2) is 8.49. The first-order chi connectivity index (χ1) is 13.2. The molecule has 2 heterocycles. The molecule has 0 spiro atoms. The van der Waals surface area contributed by atoms with Crippen molar-refractivity contribution in [2.45, 2.75) is 38.7 Å². The molecule has 1 aromatic carbocycles. The molecule has 2 aromatic rings. The molecule has 6 nitrogen and oxygen atoms in total. The van der Waals surface area contributed by atoms with Crippen LogP contribution in [0.3, 0.4) is 0 Å². The Kier molecular flexibility index (Phi) is 6.52. The van der Waals surface area contributed by atoms with Gasteiger partial charge in [-0.3, -0.25) is 4.79 Å². The van der Waals surface area contributed by atoms with Gasteiger partial charge in [-0.1, -0.05) is 19.0 Å². The van der Waals surface area contributed by atoms with E-state index in [1.165, 1.54) is 23.1 Å². The molecule has 0 atom stereocenters. The smallest absolute Gasteiger partial charge is 0.406 e. The van der Waals surface area contributed by atoms with Crippen molar-refractivity contribution in [1.82, 2.24) is 10.1 Å². The first kappa shape index (κ1) is 21.5. The van der Waals surface area contributed by atoms with Gasteiger partial charge >= 0.3 is 6.36 Å². The van der Waals surface area contributed by atoms with Gasteiger partial charge in [0.15, 0.2) is 5.67 Å². The van der Waals surface area contributed by atoms with Crippen LogP contribution >= 0.6 is 0 Å². The van der Waals surface area contributed by atoms with Gasteiger partial charge < -0.3 is 19.9 Å². The minimum absolute atomic E-state index is 0.0108. The molecule has 1 aliphatic rings. The third-order valence-corrected chi connectivity index (χ3v) is 4.17. The van der Waals surface area contributed by atoms with E-state index in [4.69, 9.17) is 5.73 Å².